The van der Waals surface area contributed by atoms with Crippen LogP contribution in [0.2, 0.25) is 0 Å². The Morgan fingerprint density at radius 1 is 1.21 bits per heavy atom. The van der Waals surface area contributed by atoms with Crippen LogP contribution in [-0.2, 0) is 0 Å². The Hall–Kier alpha value is -0.330. The predicted molar refractivity (Wildman–Crippen MR) is 70.5 cm³/mol. The number of nitrogens with zero attached hydrogens (tertiary/aromatic N) is 1. The molecule has 0 aromatic heterocycles. The van der Waals surface area contributed by atoms with Gasteiger partial charge in [0.2, 0.25) is 0 Å². The van der Waals surface area contributed by atoms with Gasteiger partial charge in [-0.3, -0.25) is 16.2 Å². The van der Waals surface area contributed by atoms with E-state index in [-0.39, 0.29) is 18.0 Å². The molecule has 0 aliphatic carbocycles. The van der Waals surface area contributed by atoms with Crippen molar-refractivity contribution < 1.29 is 13.2 Å². The number of nitrogens with two attached hydrogens (primary N) is 1. The Morgan fingerprint density at radius 3 is 2.21 bits per heavy atom. The lowest BCUT2D eigenvalue weighted by atomic mass is 9.83. The molecule has 0 saturated carbocycles. The summed E-state index contributed by atoms with van der Waals surface area (Å²) in [5.74, 6) is 5.53. The highest BCUT2D eigenvalue weighted by atomic mass is 19.4. The van der Waals surface area contributed by atoms with E-state index < -0.39 is 12.6 Å². The maximum Gasteiger partial charge on any atom is 0.389 e. The first-order valence-corrected chi connectivity index (χ1v) is 7.11. The van der Waals surface area contributed by atoms with Crippen LogP contribution in [0.1, 0.15) is 52.4 Å². The highest BCUT2D eigenvalue weighted by molar-refractivity contribution is 4.96. The normalized spacial score (nSPS) is 23.1. The third-order valence-electron chi connectivity index (χ3n) is 4.46. The van der Waals surface area contributed by atoms with Gasteiger partial charge >= 0.3 is 6.18 Å². The van der Waals surface area contributed by atoms with E-state index in [1.165, 1.54) is 6.42 Å². The number of alkyl halides is 3. The number of piperidine rings is 1. The number of halogens is 3. The molecule has 1 heterocycles. The first kappa shape index (κ1) is 16.7. The van der Waals surface area contributed by atoms with Gasteiger partial charge in [0.1, 0.15) is 0 Å². The minimum atomic E-state index is -4.12. The molecule has 19 heavy (non-hydrogen) atoms. The van der Waals surface area contributed by atoms with Crippen LogP contribution >= 0.6 is 0 Å². The Morgan fingerprint density at radius 2 is 1.79 bits per heavy atom. The topological polar surface area (TPSA) is 41.3 Å². The maximum absolute atomic E-state index is 12.4. The number of hydrogen-bond donors (Lipinski definition) is 2. The third kappa shape index (κ3) is 4.61. The largest absolute Gasteiger partial charge is 0.389 e. The molecule has 1 aliphatic rings. The molecular weight excluding hydrogens is 255 g/mol. The van der Waals surface area contributed by atoms with Gasteiger partial charge in [-0.25, -0.2) is 0 Å². The van der Waals surface area contributed by atoms with Gasteiger partial charge in [-0.05, 0) is 45.7 Å². The van der Waals surface area contributed by atoms with E-state index in [0.29, 0.717) is 0 Å². The standard InChI is InChI=1S/C13H26F3N3/c1-3-12(2,19-9-5-4-6-10-19)11(18-17)7-8-13(14,15)16/h11,18H,3-10,17H2,1-2H3. The average molecular weight is 281 g/mol. The summed E-state index contributed by atoms with van der Waals surface area (Å²) in [5, 5.41) is 0. The highest BCUT2D eigenvalue weighted by Gasteiger charge is 2.40. The van der Waals surface area contributed by atoms with Crippen molar-refractivity contribution in [2.75, 3.05) is 13.1 Å². The lowest BCUT2D eigenvalue weighted by Gasteiger charge is -2.48. The monoisotopic (exact) mass is 281 g/mol. The minimum absolute atomic E-state index is 0.0286. The minimum Gasteiger partial charge on any atom is -0.296 e. The quantitative estimate of drug-likeness (QED) is 0.581. The molecule has 0 bridgehead atoms. The summed E-state index contributed by atoms with van der Waals surface area (Å²) in [6.45, 7) is 5.95. The maximum atomic E-state index is 12.4. The first-order valence-electron chi connectivity index (χ1n) is 7.11. The van der Waals surface area contributed by atoms with Crippen molar-refractivity contribution >= 4 is 0 Å². The summed E-state index contributed by atoms with van der Waals surface area (Å²) in [4.78, 5) is 2.30. The van der Waals surface area contributed by atoms with Gasteiger partial charge in [-0.1, -0.05) is 13.3 Å². The van der Waals surface area contributed by atoms with Crippen LogP contribution in [0, 0.1) is 0 Å². The molecule has 6 heteroatoms. The van der Waals surface area contributed by atoms with Crippen molar-refractivity contribution in [3.8, 4) is 0 Å². The summed E-state index contributed by atoms with van der Waals surface area (Å²) in [5.41, 5.74) is 2.32. The molecule has 0 aromatic rings. The van der Waals surface area contributed by atoms with Crippen molar-refractivity contribution in [1.82, 2.24) is 10.3 Å². The van der Waals surface area contributed by atoms with Crippen LogP contribution in [0.3, 0.4) is 0 Å². The van der Waals surface area contributed by atoms with E-state index >= 15 is 0 Å². The summed E-state index contributed by atoms with van der Waals surface area (Å²) in [6.07, 6.45) is -0.643. The van der Waals surface area contributed by atoms with Crippen molar-refractivity contribution in [2.24, 2.45) is 5.84 Å². The molecule has 1 saturated heterocycles. The second-order valence-electron chi connectivity index (χ2n) is 5.63. The van der Waals surface area contributed by atoms with Gasteiger partial charge in [0.15, 0.2) is 0 Å². The van der Waals surface area contributed by atoms with Crippen molar-refractivity contribution in [2.45, 2.75) is 70.1 Å². The fourth-order valence-electron chi connectivity index (χ4n) is 2.98. The average Bonchev–Trinajstić information content (AvgIpc) is 2.38. The van der Waals surface area contributed by atoms with E-state index in [4.69, 9.17) is 5.84 Å². The number of likely N-dealkylation sites (tertiary alicyclic amines) is 1. The van der Waals surface area contributed by atoms with Gasteiger partial charge in [0, 0.05) is 18.0 Å². The molecule has 0 spiro atoms. The lowest BCUT2D eigenvalue weighted by Crippen LogP contribution is -2.62. The van der Waals surface area contributed by atoms with Crippen LogP contribution in [0.4, 0.5) is 13.2 Å². The molecule has 2 atom stereocenters. The first-order chi connectivity index (χ1) is 8.83. The molecule has 0 radical (unpaired) electrons. The summed E-state index contributed by atoms with van der Waals surface area (Å²) in [6, 6.07) is -0.336. The number of nitrogens with one attached hydrogen (secondary N) is 1. The molecular formula is C13H26F3N3. The Bertz CT molecular complexity index is 264. The number of hydrogen-bond acceptors (Lipinski definition) is 3. The van der Waals surface area contributed by atoms with Gasteiger partial charge in [-0.2, -0.15) is 13.2 Å². The summed E-state index contributed by atoms with van der Waals surface area (Å²) >= 11 is 0. The molecule has 0 amide bonds. The molecule has 3 nitrogen and oxygen atoms in total. The SMILES string of the molecule is CCC(C)(C(CCC(F)(F)F)NN)N1CCCCC1. The molecule has 1 aliphatic heterocycles. The number of rotatable bonds is 6. The molecule has 1 fully saturated rings. The lowest BCUT2D eigenvalue weighted by molar-refractivity contribution is -0.139. The van der Waals surface area contributed by atoms with Gasteiger partial charge in [-0.15, -0.1) is 0 Å². The zero-order valence-corrected chi connectivity index (χ0v) is 11.9. The predicted octanol–water partition coefficient (Wildman–Crippen LogP) is 2.82. The Kier molecular flexibility index (Phi) is 6.08. The van der Waals surface area contributed by atoms with E-state index in [2.05, 4.69) is 10.3 Å². The van der Waals surface area contributed by atoms with Crippen LogP contribution < -0.4 is 11.3 Å². The Labute approximate surface area is 113 Å². The summed E-state index contributed by atoms with van der Waals surface area (Å²) < 4.78 is 37.2. The van der Waals surface area contributed by atoms with E-state index in [0.717, 1.165) is 32.4 Å². The second kappa shape index (κ2) is 6.90. The van der Waals surface area contributed by atoms with Crippen molar-refractivity contribution in [1.29, 1.82) is 0 Å². The van der Waals surface area contributed by atoms with Crippen LogP contribution in [0.5, 0.6) is 0 Å². The molecule has 1 rings (SSSR count). The van der Waals surface area contributed by atoms with Gasteiger partial charge < -0.3 is 0 Å². The summed E-state index contributed by atoms with van der Waals surface area (Å²) in [7, 11) is 0. The van der Waals surface area contributed by atoms with Crippen LogP contribution in [0.25, 0.3) is 0 Å². The fourth-order valence-corrected chi connectivity index (χ4v) is 2.98. The van der Waals surface area contributed by atoms with E-state index in [1.807, 2.05) is 13.8 Å². The fraction of sp³-hybridized carbons (Fsp3) is 1.00. The van der Waals surface area contributed by atoms with Gasteiger partial charge in [0.25, 0.3) is 0 Å². The zero-order chi connectivity index (χ0) is 14.5. The third-order valence-corrected chi connectivity index (χ3v) is 4.46. The van der Waals surface area contributed by atoms with Crippen molar-refractivity contribution in [3.63, 3.8) is 0 Å². The van der Waals surface area contributed by atoms with Crippen LogP contribution in [0.15, 0.2) is 0 Å². The van der Waals surface area contributed by atoms with E-state index in [9.17, 15) is 13.2 Å². The van der Waals surface area contributed by atoms with Gasteiger partial charge in [0.05, 0.1) is 0 Å². The van der Waals surface area contributed by atoms with E-state index in [1.54, 1.807) is 0 Å². The molecule has 2 unspecified atom stereocenters. The molecule has 3 N–H and O–H groups in total. The smallest absolute Gasteiger partial charge is 0.296 e. The molecule has 114 valence electrons. The van der Waals surface area contributed by atoms with Crippen LogP contribution in [-0.4, -0.2) is 35.7 Å². The number of hydrazine groups is 1. The highest BCUT2D eigenvalue weighted by Crippen LogP contribution is 2.31. The Balaban J connectivity index is 2.71. The molecule has 0 aromatic carbocycles. The second-order valence-corrected chi connectivity index (χ2v) is 5.63. The van der Waals surface area contributed by atoms with Crippen molar-refractivity contribution in [3.05, 3.63) is 0 Å². The zero-order valence-electron chi connectivity index (χ0n) is 11.9.